The molecule has 0 radical (unpaired) electrons. The zero-order valence-corrected chi connectivity index (χ0v) is 11.0. The molecule has 0 saturated heterocycles. The summed E-state index contributed by atoms with van der Waals surface area (Å²) in [5.41, 5.74) is -1.60. The highest BCUT2D eigenvalue weighted by Crippen LogP contribution is 2.33. The minimum Gasteiger partial charge on any atom is -0.322 e. The Bertz CT molecular complexity index is 688. The van der Waals surface area contributed by atoms with Gasteiger partial charge in [-0.1, -0.05) is 11.6 Å². The van der Waals surface area contributed by atoms with Crippen molar-refractivity contribution in [3.05, 3.63) is 58.6 Å². The zero-order chi connectivity index (χ0) is 15.6. The summed E-state index contributed by atoms with van der Waals surface area (Å²) >= 11 is 5.75. The molecular formula is C13H7ClF4N2O. The van der Waals surface area contributed by atoms with Crippen LogP contribution in [-0.2, 0) is 6.18 Å². The third kappa shape index (κ3) is 3.49. The van der Waals surface area contributed by atoms with Gasteiger partial charge >= 0.3 is 6.18 Å². The predicted molar refractivity (Wildman–Crippen MR) is 68.6 cm³/mol. The number of carbonyl (C=O) groups is 1. The van der Waals surface area contributed by atoms with Gasteiger partial charge in [-0.05, 0) is 24.3 Å². The standard InChI is InChI=1S/C13H7ClF4N2O/c14-10-6-19-4-3-8(10)12(21)20-7-1-2-11(15)9(5-7)13(16,17)18/h1-6H,(H,20,21). The first-order valence-corrected chi connectivity index (χ1v) is 5.94. The molecule has 1 aromatic heterocycles. The fraction of sp³-hybridized carbons (Fsp3) is 0.0769. The van der Waals surface area contributed by atoms with Gasteiger partial charge in [-0.3, -0.25) is 9.78 Å². The number of nitrogens with one attached hydrogen (secondary N) is 1. The van der Waals surface area contributed by atoms with Gasteiger partial charge in [-0.2, -0.15) is 13.2 Å². The molecule has 21 heavy (non-hydrogen) atoms. The average molecular weight is 319 g/mol. The van der Waals surface area contributed by atoms with Gasteiger partial charge in [0.1, 0.15) is 5.82 Å². The van der Waals surface area contributed by atoms with Gasteiger partial charge in [0.2, 0.25) is 0 Å². The van der Waals surface area contributed by atoms with Crippen LogP contribution < -0.4 is 5.32 Å². The second-order valence-electron chi connectivity index (χ2n) is 4.00. The van der Waals surface area contributed by atoms with Gasteiger partial charge < -0.3 is 5.32 Å². The number of amides is 1. The Morgan fingerprint density at radius 2 is 1.95 bits per heavy atom. The third-order valence-corrected chi connectivity index (χ3v) is 2.85. The van der Waals surface area contributed by atoms with Crippen molar-refractivity contribution in [1.29, 1.82) is 0 Å². The molecule has 0 spiro atoms. The second kappa shape index (κ2) is 5.69. The van der Waals surface area contributed by atoms with Gasteiger partial charge in [0.15, 0.2) is 0 Å². The fourth-order valence-electron chi connectivity index (χ4n) is 1.58. The molecular weight excluding hydrogens is 312 g/mol. The molecule has 2 rings (SSSR count). The number of pyridine rings is 1. The molecule has 0 aliphatic rings. The number of hydrogen-bond donors (Lipinski definition) is 1. The van der Waals surface area contributed by atoms with Crippen molar-refractivity contribution in [2.24, 2.45) is 0 Å². The van der Waals surface area contributed by atoms with E-state index in [1.54, 1.807) is 0 Å². The Hall–Kier alpha value is -2.15. The van der Waals surface area contributed by atoms with Gasteiger partial charge in [0.05, 0.1) is 16.1 Å². The fourth-order valence-corrected chi connectivity index (χ4v) is 1.78. The summed E-state index contributed by atoms with van der Waals surface area (Å²) in [6, 6.07) is 3.48. The molecule has 110 valence electrons. The van der Waals surface area contributed by atoms with Crippen molar-refractivity contribution < 1.29 is 22.4 Å². The summed E-state index contributed by atoms with van der Waals surface area (Å²) in [7, 11) is 0. The molecule has 0 unspecified atom stereocenters. The van der Waals surface area contributed by atoms with Crippen molar-refractivity contribution in [1.82, 2.24) is 4.98 Å². The molecule has 0 bridgehead atoms. The molecule has 0 fully saturated rings. The summed E-state index contributed by atoms with van der Waals surface area (Å²) in [5.74, 6) is -2.13. The van der Waals surface area contributed by atoms with E-state index in [2.05, 4.69) is 10.3 Å². The highest BCUT2D eigenvalue weighted by molar-refractivity contribution is 6.34. The third-order valence-electron chi connectivity index (χ3n) is 2.55. The second-order valence-corrected chi connectivity index (χ2v) is 4.41. The maximum absolute atomic E-state index is 13.1. The van der Waals surface area contributed by atoms with E-state index in [1.807, 2.05) is 0 Å². The summed E-state index contributed by atoms with van der Waals surface area (Å²) < 4.78 is 50.8. The van der Waals surface area contributed by atoms with Gasteiger partial charge in [-0.25, -0.2) is 4.39 Å². The Labute approximate surface area is 121 Å². The van der Waals surface area contributed by atoms with E-state index in [1.165, 1.54) is 18.5 Å². The lowest BCUT2D eigenvalue weighted by atomic mass is 10.1. The largest absolute Gasteiger partial charge is 0.419 e. The predicted octanol–water partition coefficient (Wildman–Crippen LogP) is 4.15. The van der Waals surface area contributed by atoms with E-state index in [9.17, 15) is 22.4 Å². The first kappa shape index (κ1) is 15.2. The van der Waals surface area contributed by atoms with Crippen molar-refractivity contribution >= 4 is 23.2 Å². The summed E-state index contributed by atoms with van der Waals surface area (Å²) in [6.07, 6.45) is -2.31. The topological polar surface area (TPSA) is 42.0 Å². The van der Waals surface area contributed by atoms with E-state index in [-0.39, 0.29) is 16.3 Å². The molecule has 2 aromatic rings. The van der Waals surface area contributed by atoms with Gasteiger partial charge in [0, 0.05) is 18.1 Å². The molecule has 0 aliphatic heterocycles. The van der Waals surface area contributed by atoms with Crippen LogP contribution in [0.3, 0.4) is 0 Å². The van der Waals surface area contributed by atoms with Crippen LogP contribution in [0, 0.1) is 5.82 Å². The highest BCUT2D eigenvalue weighted by Gasteiger charge is 2.34. The highest BCUT2D eigenvalue weighted by atomic mass is 35.5. The van der Waals surface area contributed by atoms with Crippen LogP contribution in [0.25, 0.3) is 0 Å². The molecule has 3 nitrogen and oxygen atoms in total. The summed E-state index contributed by atoms with van der Waals surface area (Å²) in [5, 5.41) is 2.27. The van der Waals surface area contributed by atoms with Crippen LogP contribution in [0.1, 0.15) is 15.9 Å². The lowest BCUT2D eigenvalue weighted by molar-refractivity contribution is -0.139. The SMILES string of the molecule is O=C(Nc1ccc(F)c(C(F)(F)F)c1)c1ccncc1Cl. The smallest absolute Gasteiger partial charge is 0.322 e. The molecule has 1 aromatic carbocycles. The minimum atomic E-state index is -4.85. The number of carbonyl (C=O) groups excluding carboxylic acids is 1. The van der Waals surface area contributed by atoms with Crippen molar-refractivity contribution in [3.63, 3.8) is 0 Å². The summed E-state index contributed by atoms with van der Waals surface area (Å²) in [4.78, 5) is 15.6. The maximum atomic E-state index is 13.1. The number of alkyl halides is 3. The lowest BCUT2D eigenvalue weighted by Gasteiger charge is -2.11. The van der Waals surface area contributed by atoms with Crippen molar-refractivity contribution in [3.8, 4) is 0 Å². The molecule has 0 saturated carbocycles. The number of anilines is 1. The van der Waals surface area contributed by atoms with Crippen LogP contribution in [0.5, 0.6) is 0 Å². The monoisotopic (exact) mass is 318 g/mol. The molecule has 1 N–H and O–H groups in total. The van der Waals surface area contributed by atoms with Crippen molar-refractivity contribution in [2.45, 2.75) is 6.18 Å². The minimum absolute atomic E-state index is 0.0459. The van der Waals surface area contributed by atoms with E-state index in [0.717, 1.165) is 6.07 Å². The molecule has 0 aliphatic carbocycles. The molecule has 8 heteroatoms. The molecule has 0 atom stereocenters. The lowest BCUT2D eigenvalue weighted by Crippen LogP contribution is -2.14. The van der Waals surface area contributed by atoms with Crippen LogP contribution >= 0.6 is 11.6 Å². The van der Waals surface area contributed by atoms with E-state index >= 15 is 0 Å². The van der Waals surface area contributed by atoms with Crippen molar-refractivity contribution in [2.75, 3.05) is 5.32 Å². The maximum Gasteiger partial charge on any atom is 0.419 e. The first-order chi connectivity index (χ1) is 9.79. The number of aromatic nitrogens is 1. The van der Waals surface area contributed by atoms with E-state index < -0.39 is 23.5 Å². The zero-order valence-electron chi connectivity index (χ0n) is 10.2. The molecule has 1 amide bonds. The number of nitrogens with zero attached hydrogens (tertiary/aromatic N) is 1. The Kier molecular flexibility index (Phi) is 4.13. The normalized spacial score (nSPS) is 11.3. The number of hydrogen-bond acceptors (Lipinski definition) is 2. The Balaban J connectivity index is 2.29. The van der Waals surface area contributed by atoms with Crippen LogP contribution in [-0.4, -0.2) is 10.9 Å². The quantitative estimate of drug-likeness (QED) is 0.845. The van der Waals surface area contributed by atoms with Crippen LogP contribution in [0.2, 0.25) is 5.02 Å². The van der Waals surface area contributed by atoms with Gasteiger partial charge in [0.25, 0.3) is 5.91 Å². The van der Waals surface area contributed by atoms with Crippen LogP contribution in [0.15, 0.2) is 36.7 Å². The Morgan fingerprint density at radius 3 is 2.57 bits per heavy atom. The first-order valence-electron chi connectivity index (χ1n) is 5.56. The summed E-state index contributed by atoms with van der Waals surface area (Å²) in [6.45, 7) is 0. The number of halogens is 5. The van der Waals surface area contributed by atoms with Gasteiger partial charge in [-0.15, -0.1) is 0 Å². The van der Waals surface area contributed by atoms with E-state index in [0.29, 0.717) is 12.1 Å². The van der Waals surface area contributed by atoms with E-state index in [4.69, 9.17) is 11.6 Å². The average Bonchev–Trinajstić information content (AvgIpc) is 2.40. The number of benzene rings is 1. The van der Waals surface area contributed by atoms with Crippen LogP contribution in [0.4, 0.5) is 23.2 Å². The molecule has 1 heterocycles. The Morgan fingerprint density at radius 1 is 1.24 bits per heavy atom. The number of rotatable bonds is 2.